The van der Waals surface area contributed by atoms with Crippen molar-refractivity contribution >= 4 is 46.5 Å². The minimum Gasteiger partial charge on any atom is -0.438 e. The van der Waals surface area contributed by atoms with Gasteiger partial charge in [0.25, 0.3) is 5.91 Å². The number of nitrogens with zero attached hydrogens (tertiary/aromatic N) is 4. The molecule has 190 valence electrons. The first kappa shape index (κ1) is 24.8. The minimum absolute atomic E-state index is 0.0641. The predicted molar refractivity (Wildman–Crippen MR) is 148 cm³/mol. The van der Waals surface area contributed by atoms with Crippen molar-refractivity contribution in [2.45, 2.75) is 12.5 Å². The van der Waals surface area contributed by atoms with Crippen LogP contribution in [0.5, 0.6) is 11.6 Å². The van der Waals surface area contributed by atoms with Gasteiger partial charge in [0.05, 0.1) is 23.4 Å². The second-order valence-electron chi connectivity index (χ2n) is 8.26. The molecule has 4 aromatic rings. The quantitative estimate of drug-likeness (QED) is 0.293. The zero-order chi connectivity index (χ0) is 26.5. The molecular weight excluding hydrogens is 502 g/mol. The van der Waals surface area contributed by atoms with Crippen molar-refractivity contribution in [3.8, 4) is 22.9 Å². The number of hydrogen-bond donors (Lipinski definition) is 3. The topological polar surface area (TPSA) is 121 Å². The SMILES string of the molecule is CNc1nccc(-c2cccnc2Oc2ccc(NC(=O)CC3NC(=S)N(c4ccccc4)C3=O)cc2)n1. The van der Waals surface area contributed by atoms with E-state index in [1.165, 1.54) is 4.90 Å². The number of rotatable bonds is 8. The highest BCUT2D eigenvalue weighted by Crippen LogP contribution is 2.31. The summed E-state index contributed by atoms with van der Waals surface area (Å²) in [6, 6.07) is 20.7. The first-order valence-electron chi connectivity index (χ1n) is 11.8. The second-order valence-corrected chi connectivity index (χ2v) is 8.65. The minimum atomic E-state index is -0.738. The maximum absolute atomic E-state index is 12.9. The third-order valence-corrected chi connectivity index (χ3v) is 6.00. The lowest BCUT2D eigenvalue weighted by Gasteiger charge is -2.14. The molecule has 3 N–H and O–H groups in total. The highest BCUT2D eigenvalue weighted by Gasteiger charge is 2.37. The van der Waals surface area contributed by atoms with Gasteiger partial charge in [0.2, 0.25) is 17.7 Å². The number of carbonyl (C=O) groups excluding carboxylic acids is 2. The molecule has 10 nitrogen and oxygen atoms in total. The molecular formula is C27H23N7O3S. The van der Waals surface area contributed by atoms with Crippen LogP contribution in [0.25, 0.3) is 11.3 Å². The van der Waals surface area contributed by atoms with Gasteiger partial charge in [-0.05, 0) is 66.8 Å². The number of nitrogens with one attached hydrogen (secondary N) is 3. The number of anilines is 3. The molecule has 1 fully saturated rings. The Labute approximate surface area is 224 Å². The summed E-state index contributed by atoms with van der Waals surface area (Å²) in [6.07, 6.45) is 3.23. The lowest BCUT2D eigenvalue weighted by atomic mass is 10.2. The number of ether oxygens (including phenoxy) is 1. The Kier molecular flexibility index (Phi) is 7.18. The van der Waals surface area contributed by atoms with Crippen molar-refractivity contribution in [2.24, 2.45) is 0 Å². The summed E-state index contributed by atoms with van der Waals surface area (Å²) in [5.41, 5.74) is 2.59. The van der Waals surface area contributed by atoms with Crippen LogP contribution in [0.1, 0.15) is 6.42 Å². The molecule has 2 aromatic carbocycles. The number of benzene rings is 2. The lowest BCUT2D eigenvalue weighted by molar-refractivity contribution is -0.122. The Morgan fingerprint density at radius 3 is 2.58 bits per heavy atom. The summed E-state index contributed by atoms with van der Waals surface area (Å²) in [7, 11) is 1.75. The summed E-state index contributed by atoms with van der Waals surface area (Å²) in [4.78, 5) is 39.9. The van der Waals surface area contributed by atoms with E-state index in [4.69, 9.17) is 17.0 Å². The predicted octanol–water partition coefficient (Wildman–Crippen LogP) is 3.99. The van der Waals surface area contributed by atoms with Crippen LogP contribution in [0.4, 0.5) is 17.3 Å². The first-order chi connectivity index (χ1) is 18.5. The number of thiocarbonyl (C=S) groups is 1. The Balaban J connectivity index is 1.22. The van der Waals surface area contributed by atoms with Gasteiger partial charge in [0.15, 0.2) is 5.11 Å². The highest BCUT2D eigenvalue weighted by atomic mass is 32.1. The molecule has 0 aliphatic carbocycles. The van der Waals surface area contributed by atoms with E-state index in [0.717, 1.165) is 0 Å². The monoisotopic (exact) mass is 525 g/mol. The van der Waals surface area contributed by atoms with E-state index in [9.17, 15) is 9.59 Å². The van der Waals surface area contributed by atoms with Gasteiger partial charge in [-0.2, -0.15) is 0 Å². The zero-order valence-electron chi connectivity index (χ0n) is 20.3. The Morgan fingerprint density at radius 1 is 1.03 bits per heavy atom. The smallest absolute Gasteiger partial charge is 0.256 e. The maximum atomic E-state index is 12.9. The number of amides is 2. The largest absolute Gasteiger partial charge is 0.438 e. The number of pyridine rings is 1. The van der Waals surface area contributed by atoms with E-state index in [0.29, 0.717) is 40.2 Å². The normalized spacial score (nSPS) is 14.7. The molecule has 2 amide bonds. The van der Waals surface area contributed by atoms with Crippen LogP contribution in [0.3, 0.4) is 0 Å². The highest BCUT2D eigenvalue weighted by molar-refractivity contribution is 7.80. The molecule has 2 aromatic heterocycles. The van der Waals surface area contributed by atoms with Gasteiger partial charge < -0.3 is 20.7 Å². The van der Waals surface area contributed by atoms with Gasteiger partial charge in [-0.1, -0.05) is 18.2 Å². The molecule has 3 heterocycles. The van der Waals surface area contributed by atoms with Gasteiger partial charge in [-0.25, -0.2) is 15.0 Å². The molecule has 0 spiro atoms. The third-order valence-electron chi connectivity index (χ3n) is 5.70. The fraction of sp³-hybridized carbons (Fsp3) is 0.111. The molecule has 1 aliphatic rings. The van der Waals surface area contributed by atoms with Gasteiger partial charge in [-0.3, -0.25) is 14.5 Å². The van der Waals surface area contributed by atoms with Gasteiger partial charge in [0, 0.05) is 25.1 Å². The third kappa shape index (κ3) is 5.42. The average molecular weight is 526 g/mol. The summed E-state index contributed by atoms with van der Waals surface area (Å²) in [6.45, 7) is 0. The van der Waals surface area contributed by atoms with Gasteiger partial charge in [0.1, 0.15) is 11.8 Å². The molecule has 1 aliphatic heterocycles. The summed E-state index contributed by atoms with van der Waals surface area (Å²) >= 11 is 5.31. The van der Waals surface area contributed by atoms with Crippen LogP contribution >= 0.6 is 12.2 Å². The van der Waals surface area contributed by atoms with Crippen LogP contribution < -0.4 is 25.6 Å². The lowest BCUT2D eigenvalue weighted by Crippen LogP contribution is -2.34. The molecule has 1 unspecified atom stereocenters. The maximum Gasteiger partial charge on any atom is 0.256 e. The van der Waals surface area contributed by atoms with E-state index in [-0.39, 0.29) is 23.3 Å². The van der Waals surface area contributed by atoms with Crippen LogP contribution in [-0.4, -0.2) is 45.0 Å². The van der Waals surface area contributed by atoms with Crippen molar-refractivity contribution in [1.29, 1.82) is 0 Å². The Bertz CT molecular complexity index is 1480. The van der Waals surface area contributed by atoms with Crippen LogP contribution in [0.2, 0.25) is 0 Å². The van der Waals surface area contributed by atoms with E-state index in [1.807, 2.05) is 24.3 Å². The molecule has 0 bridgehead atoms. The molecule has 5 rings (SSSR count). The molecule has 1 saturated heterocycles. The van der Waals surface area contributed by atoms with Crippen LogP contribution in [0, 0.1) is 0 Å². The van der Waals surface area contributed by atoms with Crippen molar-refractivity contribution < 1.29 is 14.3 Å². The average Bonchev–Trinajstić information content (AvgIpc) is 3.22. The van der Waals surface area contributed by atoms with E-state index in [1.54, 1.807) is 68.0 Å². The standard InChI is InChI=1S/C27H23N7O3S/c1-28-26-30-15-13-21(32-26)20-8-5-14-29-24(20)37-19-11-9-17(10-12-19)31-23(35)16-22-25(36)34(27(38)33-22)18-6-3-2-4-7-18/h2-15,22H,16H2,1H3,(H,31,35)(H,33,38)(H,28,30,32). The van der Waals surface area contributed by atoms with Crippen LogP contribution in [-0.2, 0) is 9.59 Å². The molecule has 38 heavy (non-hydrogen) atoms. The number of carbonyl (C=O) groups is 2. The molecule has 0 saturated carbocycles. The Morgan fingerprint density at radius 2 is 1.82 bits per heavy atom. The summed E-state index contributed by atoms with van der Waals surface area (Å²) in [5, 5.41) is 8.94. The van der Waals surface area contributed by atoms with Crippen molar-refractivity contribution in [2.75, 3.05) is 22.6 Å². The van der Waals surface area contributed by atoms with E-state index in [2.05, 4.69) is 30.9 Å². The second kappa shape index (κ2) is 11.0. The van der Waals surface area contributed by atoms with Gasteiger partial charge in [-0.15, -0.1) is 0 Å². The number of aromatic nitrogens is 3. The zero-order valence-corrected chi connectivity index (χ0v) is 21.1. The van der Waals surface area contributed by atoms with Crippen LogP contribution in [0.15, 0.2) is 85.2 Å². The summed E-state index contributed by atoms with van der Waals surface area (Å²) < 4.78 is 6.01. The van der Waals surface area contributed by atoms with Crippen molar-refractivity contribution in [1.82, 2.24) is 20.3 Å². The van der Waals surface area contributed by atoms with E-state index >= 15 is 0 Å². The molecule has 11 heteroatoms. The first-order valence-corrected chi connectivity index (χ1v) is 12.2. The van der Waals surface area contributed by atoms with Crippen molar-refractivity contribution in [3.05, 3.63) is 85.2 Å². The number of hydrogen-bond acceptors (Lipinski definition) is 8. The Hall–Kier alpha value is -4.90. The van der Waals surface area contributed by atoms with E-state index < -0.39 is 6.04 Å². The molecule has 0 radical (unpaired) electrons. The summed E-state index contributed by atoms with van der Waals surface area (Å²) in [5.74, 6) is 0.814. The van der Waals surface area contributed by atoms with Crippen molar-refractivity contribution in [3.63, 3.8) is 0 Å². The molecule has 1 atom stereocenters. The number of para-hydroxylation sites is 1. The fourth-order valence-electron chi connectivity index (χ4n) is 3.90. The fourth-order valence-corrected chi connectivity index (χ4v) is 4.24. The van der Waals surface area contributed by atoms with Gasteiger partial charge >= 0.3 is 0 Å².